The highest BCUT2D eigenvalue weighted by Crippen LogP contribution is 2.51. The van der Waals surface area contributed by atoms with Crippen LogP contribution < -0.4 is 0 Å². The third-order valence-corrected chi connectivity index (χ3v) is 4.19. The Morgan fingerprint density at radius 2 is 2.06 bits per heavy atom. The van der Waals surface area contributed by atoms with Gasteiger partial charge in [0.1, 0.15) is 0 Å². The van der Waals surface area contributed by atoms with Gasteiger partial charge in [-0.15, -0.1) is 11.8 Å². The van der Waals surface area contributed by atoms with E-state index >= 15 is 0 Å². The van der Waals surface area contributed by atoms with Gasteiger partial charge in [0.05, 0.1) is 6.07 Å². The molecule has 84 valence electrons. The van der Waals surface area contributed by atoms with Gasteiger partial charge in [0.25, 0.3) is 0 Å². The summed E-state index contributed by atoms with van der Waals surface area (Å²) in [5, 5.41) is 8.65. The highest BCUT2D eigenvalue weighted by molar-refractivity contribution is 7.99. The summed E-state index contributed by atoms with van der Waals surface area (Å²) in [5.41, 5.74) is 0.129. The zero-order valence-corrected chi connectivity index (χ0v) is 9.49. The van der Waals surface area contributed by atoms with Crippen molar-refractivity contribution in [1.29, 1.82) is 5.26 Å². The van der Waals surface area contributed by atoms with Crippen LogP contribution in [0.25, 0.3) is 0 Å². The zero-order valence-electron chi connectivity index (χ0n) is 8.67. The van der Waals surface area contributed by atoms with Crippen molar-refractivity contribution in [2.24, 2.45) is 5.41 Å². The van der Waals surface area contributed by atoms with Gasteiger partial charge in [0, 0.05) is 17.1 Å². The van der Waals surface area contributed by atoms with Gasteiger partial charge < -0.3 is 0 Å². The van der Waals surface area contributed by atoms with Gasteiger partial charge in [-0.3, -0.25) is 0 Å². The highest BCUT2D eigenvalue weighted by Gasteiger charge is 2.42. The van der Waals surface area contributed by atoms with Crippen LogP contribution in [0.3, 0.4) is 0 Å². The van der Waals surface area contributed by atoms with Crippen molar-refractivity contribution in [3.63, 3.8) is 0 Å². The molecule has 0 spiro atoms. The molecule has 16 heavy (non-hydrogen) atoms. The Labute approximate surface area is 97.5 Å². The van der Waals surface area contributed by atoms with Gasteiger partial charge in [0.2, 0.25) is 0 Å². The van der Waals surface area contributed by atoms with Crippen LogP contribution in [0.2, 0.25) is 0 Å². The van der Waals surface area contributed by atoms with E-state index in [-0.39, 0.29) is 5.41 Å². The molecule has 0 aromatic heterocycles. The van der Waals surface area contributed by atoms with Gasteiger partial charge in [-0.25, -0.2) is 8.78 Å². The summed E-state index contributed by atoms with van der Waals surface area (Å²) in [6.07, 6.45) is 2.69. The number of hydrogen-bond acceptors (Lipinski definition) is 2. The molecular weight excluding hydrogens is 228 g/mol. The lowest BCUT2D eigenvalue weighted by Gasteiger charge is -2.09. The van der Waals surface area contributed by atoms with Gasteiger partial charge in [-0.2, -0.15) is 5.26 Å². The van der Waals surface area contributed by atoms with Crippen LogP contribution in [0.15, 0.2) is 23.1 Å². The van der Waals surface area contributed by atoms with Crippen molar-refractivity contribution in [3.05, 3.63) is 29.8 Å². The number of halogens is 2. The molecule has 0 bridgehead atoms. The molecule has 1 aromatic rings. The number of nitriles is 1. The second-order valence-corrected chi connectivity index (χ2v) is 5.25. The summed E-state index contributed by atoms with van der Waals surface area (Å²) in [7, 11) is 0. The van der Waals surface area contributed by atoms with Gasteiger partial charge in [0.15, 0.2) is 11.6 Å². The van der Waals surface area contributed by atoms with Crippen LogP contribution in [-0.2, 0) is 0 Å². The van der Waals surface area contributed by atoms with E-state index < -0.39 is 11.6 Å². The Kier molecular flexibility index (Phi) is 3.15. The summed E-state index contributed by atoms with van der Waals surface area (Å²) in [6, 6.07) is 6.11. The van der Waals surface area contributed by atoms with E-state index in [2.05, 4.69) is 6.07 Å². The SMILES string of the molecule is N#CCC1(CSc2ccc(F)c(F)c2)CC1. The van der Waals surface area contributed by atoms with E-state index in [4.69, 9.17) is 5.26 Å². The molecule has 0 saturated heterocycles. The quantitative estimate of drug-likeness (QED) is 0.747. The van der Waals surface area contributed by atoms with Crippen LogP contribution >= 0.6 is 11.8 Å². The largest absolute Gasteiger partial charge is 0.204 e. The van der Waals surface area contributed by atoms with Gasteiger partial charge in [-0.05, 0) is 36.5 Å². The fourth-order valence-electron chi connectivity index (χ4n) is 1.52. The molecule has 0 heterocycles. The average Bonchev–Trinajstić information content (AvgIpc) is 3.01. The van der Waals surface area contributed by atoms with Crippen LogP contribution in [0.4, 0.5) is 8.78 Å². The molecule has 0 amide bonds. The minimum absolute atomic E-state index is 0.129. The van der Waals surface area contributed by atoms with Crippen LogP contribution in [0.5, 0.6) is 0 Å². The summed E-state index contributed by atoms with van der Waals surface area (Å²) >= 11 is 1.49. The van der Waals surface area contributed by atoms with E-state index in [9.17, 15) is 8.78 Å². The lowest BCUT2D eigenvalue weighted by Crippen LogP contribution is -2.02. The van der Waals surface area contributed by atoms with Gasteiger partial charge in [-0.1, -0.05) is 0 Å². The first-order valence-electron chi connectivity index (χ1n) is 5.10. The zero-order chi connectivity index (χ0) is 11.6. The number of nitrogens with zero attached hydrogens (tertiary/aromatic N) is 1. The number of benzene rings is 1. The Hall–Kier alpha value is -1.08. The second-order valence-electron chi connectivity index (χ2n) is 4.20. The second kappa shape index (κ2) is 4.42. The molecule has 2 rings (SSSR count). The van der Waals surface area contributed by atoms with E-state index in [1.165, 1.54) is 17.8 Å². The Balaban J connectivity index is 1.95. The summed E-state index contributed by atoms with van der Waals surface area (Å²) in [6.45, 7) is 0. The molecule has 1 aliphatic rings. The monoisotopic (exact) mass is 239 g/mol. The molecule has 0 atom stereocenters. The molecule has 1 saturated carbocycles. The predicted molar refractivity (Wildman–Crippen MR) is 59.0 cm³/mol. The van der Waals surface area contributed by atoms with Crippen LogP contribution in [0, 0.1) is 28.4 Å². The standard InChI is InChI=1S/C12H11F2NS/c13-10-2-1-9(7-11(10)14)16-8-12(3-4-12)5-6-15/h1-2,7H,3-5,8H2. The van der Waals surface area contributed by atoms with Crippen molar-refractivity contribution < 1.29 is 8.78 Å². The minimum atomic E-state index is -0.817. The molecule has 1 fully saturated rings. The van der Waals surface area contributed by atoms with Crippen molar-refractivity contribution in [3.8, 4) is 6.07 Å². The third kappa shape index (κ3) is 2.53. The minimum Gasteiger partial charge on any atom is -0.204 e. The van der Waals surface area contributed by atoms with E-state index in [1.807, 2.05) is 0 Å². The maximum Gasteiger partial charge on any atom is 0.159 e. The smallest absolute Gasteiger partial charge is 0.159 e. The molecule has 1 nitrogen and oxygen atoms in total. The van der Waals surface area contributed by atoms with Crippen molar-refractivity contribution >= 4 is 11.8 Å². The molecule has 1 aromatic carbocycles. The maximum absolute atomic E-state index is 12.9. The first kappa shape index (κ1) is 11.4. The molecule has 0 radical (unpaired) electrons. The number of hydrogen-bond donors (Lipinski definition) is 0. The molecule has 0 aliphatic heterocycles. The fourth-order valence-corrected chi connectivity index (χ4v) is 2.73. The van der Waals surface area contributed by atoms with Gasteiger partial charge >= 0.3 is 0 Å². The van der Waals surface area contributed by atoms with Crippen molar-refractivity contribution in [2.75, 3.05) is 5.75 Å². The topological polar surface area (TPSA) is 23.8 Å². The van der Waals surface area contributed by atoms with E-state index in [1.54, 1.807) is 6.07 Å². The first-order valence-corrected chi connectivity index (χ1v) is 6.09. The van der Waals surface area contributed by atoms with Crippen LogP contribution in [0.1, 0.15) is 19.3 Å². The van der Waals surface area contributed by atoms with E-state index in [0.717, 1.165) is 29.6 Å². The fraction of sp³-hybridized carbons (Fsp3) is 0.417. The summed E-state index contributed by atoms with van der Waals surface area (Å²) in [4.78, 5) is 0.725. The molecule has 1 aliphatic carbocycles. The van der Waals surface area contributed by atoms with Crippen molar-refractivity contribution in [2.45, 2.75) is 24.2 Å². The number of thioether (sulfide) groups is 1. The highest BCUT2D eigenvalue weighted by atomic mass is 32.2. The Morgan fingerprint density at radius 1 is 1.31 bits per heavy atom. The third-order valence-electron chi connectivity index (χ3n) is 2.85. The lowest BCUT2D eigenvalue weighted by molar-refractivity contribution is 0.506. The number of rotatable bonds is 4. The maximum atomic E-state index is 12.9. The molecule has 0 unspecified atom stereocenters. The summed E-state index contributed by atoms with van der Waals surface area (Å²) in [5.74, 6) is -0.816. The van der Waals surface area contributed by atoms with E-state index in [0.29, 0.717) is 6.42 Å². The first-order chi connectivity index (χ1) is 7.65. The van der Waals surface area contributed by atoms with Crippen LogP contribution in [-0.4, -0.2) is 5.75 Å². The average molecular weight is 239 g/mol. The predicted octanol–water partition coefficient (Wildman–Crippen LogP) is 3.75. The Bertz CT molecular complexity index is 435. The Morgan fingerprint density at radius 3 is 2.62 bits per heavy atom. The summed E-state index contributed by atoms with van der Waals surface area (Å²) < 4.78 is 25.6. The lowest BCUT2D eigenvalue weighted by atomic mass is 10.1. The molecule has 0 N–H and O–H groups in total. The molecule has 4 heteroatoms. The normalized spacial score (nSPS) is 16.8. The molecular formula is C12H11F2NS. The van der Waals surface area contributed by atoms with Crippen molar-refractivity contribution in [1.82, 2.24) is 0 Å².